The van der Waals surface area contributed by atoms with Gasteiger partial charge >= 0.3 is 0 Å². The van der Waals surface area contributed by atoms with Gasteiger partial charge in [-0.2, -0.15) is 0 Å². The lowest BCUT2D eigenvalue weighted by Gasteiger charge is -2.08. The van der Waals surface area contributed by atoms with Gasteiger partial charge in [-0.3, -0.25) is 0 Å². The molecular formula is C8H14N2OS. The Morgan fingerprint density at radius 3 is 3.00 bits per heavy atom. The summed E-state index contributed by atoms with van der Waals surface area (Å²) in [5.74, 6) is 0. The van der Waals surface area contributed by atoms with Gasteiger partial charge in [-0.1, -0.05) is 11.3 Å². The number of nitrogens with zero attached hydrogens (tertiary/aromatic N) is 2. The molecule has 1 aromatic heterocycles. The highest BCUT2D eigenvalue weighted by molar-refractivity contribution is 7.11. The predicted octanol–water partition coefficient (Wildman–Crippen LogP) is 1.47. The van der Waals surface area contributed by atoms with Gasteiger partial charge in [-0.05, 0) is 20.5 Å². The molecule has 0 aliphatic carbocycles. The number of hydrogen-bond acceptors (Lipinski definition) is 4. The normalized spacial score (nSPS) is 10.6. The average molecular weight is 186 g/mol. The third-order valence-corrected chi connectivity index (χ3v) is 2.07. The summed E-state index contributed by atoms with van der Waals surface area (Å²) in [5, 5.41) is 2.69. The van der Waals surface area contributed by atoms with Crippen LogP contribution in [0, 0.1) is 0 Å². The number of ether oxygens (including phenoxy) is 1. The SMILES string of the molecule is CN(C)CCCOc1nccs1. The van der Waals surface area contributed by atoms with E-state index in [1.807, 2.05) is 5.38 Å². The minimum Gasteiger partial charge on any atom is -0.470 e. The second kappa shape index (κ2) is 5.11. The molecular weight excluding hydrogens is 172 g/mol. The first-order valence-electron chi connectivity index (χ1n) is 3.96. The summed E-state index contributed by atoms with van der Waals surface area (Å²) in [6, 6.07) is 0. The summed E-state index contributed by atoms with van der Waals surface area (Å²) < 4.78 is 5.38. The van der Waals surface area contributed by atoms with Crippen molar-refractivity contribution in [3.8, 4) is 5.19 Å². The fourth-order valence-electron chi connectivity index (χ4n) is 0.822. The van der Waals surface area contributed by atoms with Gasteiger partial charge in [-0.15, -0.1) is 0 Å². The van der Waals surface area contributed by atoms with Crippen molar-refractivity contribution in [3.05, 3.63) is 11.6 Å². The lowest BCUT2D eigenvalue weighted by molar-refractivity contribution is 0.280. The lowest BCUT2D eigenvalue weighted by atomic mass is 10.4. The molecule has 4 heteroatoms. The van der Waals surface area contributed by atoms with Crippen LogP contribution in [0.1, 0.15) is 6.42 Å². The van der Waals surface area contributed by atoms with E-state index in [4.69, 9.17) is 4.74 Å². The van der Waals surface area contributed by atoms with Crippen LogP contribution in [0.2, 0.25) is 0 Å². The van der Waals surface area contributed by atoms with Crippen molar-refractivity contribution in [2.45, 2.75) is 6.42 Å². The van der Waals surface area contributed by atoms with Gasteiger partial charge in [0.05, 0.1) is 6.61 Å². The smallest absolute Gasteiger partial charge is 0.273 e. The van der Waals surface area contributed by atoms with E-state index in [-0.39, 0.29) is 0 Å². The van der Waals surface area contributed by atoms with Gasteiger partial charge in [0.25, 0.3) is 5.19 Å². The van der Waals surface area contributed by atoms with E-state index in [9.17, 15) is 0 Å². The first-order chi connectivity index (χ1) is 5.79. The fourth-order valence-corrected chi connectivity index (χ4v) is 1.33. The van der Waals surface area contributed by atoms with Crippen LogP contribution in [-0.2, 0) is 0 Å². The maximum absolute atomic E-state index is 5.38. The van der Waals surface area contributed by atoms with Crippen molar-refractivity contribution in [2.24, 2.45) is 0 Å². The lowest BCUT2D eigenvalue weighted by Crippen LogP contribution is -2.15. The summed E-state index contributed by atoms with van der Waals surface area (Å²) >= 11 is 1.53. The van der Waals surface area contributed by atoms with Crippen molar-refractivity contribution in [1.82, 2.24) is 9.88 Å². The summed E-state index contributed by atoms with van der Waals surface area (Å²) in [4.78, 5) is 6.16. The van der Waals surface area contributed by atoms with Crippen molar-refractivity contribution in [2.75, 3.05) is 27.2 Å². The first kappa shape index (κ1) is 9.48. The predicted molar refractivity (Wildman–Crippen MR) is 50.8 cm³/mol. The molecule has 0 spiro atoms. The third-order valence-electron chi connectivity index (χ3n) is 1.38. The summed E-state index contributed by atoms with van der Waals surface area (Å²) in [7, 11) is 4.12. The maximum atomic E-state index is 5.38. The molecule has 0 saturated heterocycles. The van der Waals surface area contributed by atoms with Gasteiger partial charge < -0.3 is 9.64 Å². The molecule has 1 aromatic rings. The molecule has 1 heterocycles. The zero-order valence-corrected chi connectivity index (χ0v) is 8.30. The third kappa shape index (κ3) is 3.69. The molecule has 68 valence electrons. The number of aromatic nitrogens is 1. The zero-order valence-electron chi connectivity index (χ0n) is 7.49. The van der Waals surface area contributed by atoms with Crippen LogP contribution in [-0.4, -0.2) is 37.1 Å². The first-order valence-corrected chi connectivity index (χ1v) is 4.84. The Hall–Kier alpha value is -0.610. The summed E-state index contributed by atoms with van der Waals surface area (Å²) in [6.07, 6.45) is 2.80. The Labute approximate surface area is 77.0 Å². The van der Waals surface area contributed by atoms with Crippen LogP contribution in [0.15, 0.2) is 11.6 Å². The number of hydrogen-bond donors (Lipinski definition) is 0. The molecule has 0 radical (unpaired) electrons. The molecule has 0 unspecified atom stereocenters. The molecule has 0 fully saturated rings. The monoisotopic (exact) mass is 186 g/mol. The summed E-state index contributed by atoms with van der Waals surface area (Å²) in [6.45, 7) is 1.82. The molecule has 0 bridgehead atoms. The fraction of sp³-hybridized carbons (Fsp3) is 0.625. The van der Waals surface area contributed by atoms with Gasteiger partial charge in [0, 0.05) is 18.1 Å². The molecule has 0 aliphatic rings. The van der Waals surface area contributed by atoms with E-state index in [0.29, 0.717) is 0 Å². The van der Waals surface area contributed by atoms with Crippen molar-refractivity contribution >= 4 is 11.3 Å². The van der Waals surface area contributed by atoms with Crippen molar-refractivity contribution in [3.63, 3.8) is 0 Å². The zero-order chi connectivity index (χ0) is 8.81. The highest BCUT2D eigenvalue weighted by Gasteiger charge is 1.95. The van der Waals surface area contributed by atoms with Crippen LogP contribution in [0.4, 0.5) is 0 Å². The van der Waals surface area contributed by atoms with E-state index < -0.39 is 0 Å². The van der Waals surface area contributed by atoms with Crippen molar-refractivity contribution in [1.29, 1.82) is 0 Å². The van der Waals surface area contributed by atoms with E-state index >= 15 is 0 Å². The van der Waals surface area contributed by atoms with Crippen LogP contribution in [0.5, 0.6) is 5.19 Å². The Morgan fingerprint density at radius 2 is 2.42 bits per heavy atom. The Kier molecular flexibility index (Phi) is 4.04. The van der Waals surface area contributed by atoms with Crippen LogP contribution in [0.3, 0.4) is 0 Å². The quantitative estimate of drug-likeness (QED) is 0.651. The van der Waals surface area contributed by atoms with Gasteiger partial charge in [0.1, 0.15) is 0 Å². The van der Waals surface area contributed by atoms with E-state index in [1.54, 1.807) is 6.20 Å². The Bertz CT molecular complexity index is 199. The van der Waals surface area contributed by atoms with Gasteiger partial charge in [-0.25, -0.2) is 4.98 Å². The van der Waals surface area contributed by atoms with Crippen LogP contribution < -0.4 is 4.74 Å². The van der Waals surface area contributed by atoms with Gasteiger partial charge in [0.2, 0.25) is 0 Å². The van der Waals surface area contributed by atoms with Crippen LogP contribution in [0.25, 0.3) is 0 Å². The second-order valence-electron chi connectivity index (χ2n) is 2.80. The largest absolute Gasteiger partial charge is 0.470 e. The molecule has 0 aliphatic heterocycles. The van der Waals surface area contributed by atoms with Crippen LogP contribution >= 0.6 is 11.3 Å². The van der Waals surface area contributed by atoms with Crippen molar-refractivity contribution < 1.29 is 4.74 Å². The van der Waals surface area contributed by atoms with E-state index in [2.05, 4.69) is 24.0 Å². The van der Waals surface area contributed by atoms with E-state index in [1.165, 1.54) is 11.3 Å². The average Bonchev–Trinajstić information content (AvgIpc) is 2.49. The minimum absolute atomic E-state index is 0.756. The molecule has 0 aromatic carbocycles. The van der Waals surface area contributed by atoms with Gasteiger partial charge in [0.15, 0.2) is 0 Å². The minimum atomic E-state index is 0.756. The molecule has 12 heavy (non-hydrogen) atoms. The second-order valence-corrected chi connectivity index (χ2v) is 3.66. The number of rotatable bonds is 5. The Morgan fingerprint density at radius 1 is 1.58 bits per heavy atom. The summed E-state index contributed by atoms with van der Waals surface area (Å²) in [5.41, 5.74) is 0. The molecule has 1 rings (SSSR count). The highest BCUT2D eigenvalue weighted by atomic mass is 32.1. The molecule has 3 nitrogen and oxygen atoms in total. The standard InChI is InChI=1S/C8H14N2OS/c1-10(2)5-3-6-11-8-9-4-7-12-8/h4,7H,3,5-6H2,1-2H3. The topological polar surface area (TPSA) is 25.4 Å². The molecule has 0 N–H and O–H groups in total. The maximum Gasteiger partial charge on any atom is 0.273 e. The molecule has 0 amide bonds. The molecule has 0 saturated carbocycles. The molecule has 0 atom stereocenters. The van der Waals surface area contributed by atoms with E-state index in [0.717, 1.165) is 24.8 Å². The Balaban J connectivity index is 2.04. The highest BCUT2D eigenvalue weighted by Crippen LogP contribution is 2.13. The number of thiazole rings is 1.